The van der Waals surface area contributed by atoms with E-state index in [2.05, 4.69) is 26.3 Å². The molecule has 0 saturated carbocycles. The van der Waals surface area contributed by atoms with Gasteiger partial charge in [0.2, 0.25) is 17.7 Å². The maximum Gasteiger partial charge on any atom is 0.322 e. The fourth-order valence-electron chi connectivity index (χ4n) is 5.69. The molecule has 13 heteroatoms. The lowest BCUT2D eigenvalue weighted by molar-refractivity contribution is -0.138. The minimum Gasteiger partial charge on any atom is -0.484 e. The van der Waals surface area contributed by atoms with Crippen molar-refractivity contribution in [2.45, 2.75) is 49.1 Å². The molecule has 274 valence electrons. The molecule has 12 nitrogen and oxygen atoms in total. The normalized spacial score (nSPS) is 15.0. The molecular formula is C40H41N5O7S. The molecule has 5 N–H and O–H groups in total. The predicted octanol–water partition coefficient (Wildman–Crippen LogP) is 3.68. The van der Waals surface area contributed by atoms with Crippen molar-refractivity contribution in [2.24, 2.45) is 0 Å². The van der Waals surface area contributed by atoms with E-state index in [4.69, 9.17) is 4.74 Å². The van der Waals surface area contributed by atoms with Crippen LogP contribution in [-0.4, -0.2) is 76.2 Å². The summed E-state index contributed by atoms with van der Waals surface area (Å²) in [7, 11) is 0. The molecule has 3 aromatic carbocycles. The van der Waals surface area contributed by atoms with E-state index in [0.717, 1.165) is 22.3 Å². The Morgan fingerprint density at radius 2 is 1.30 bits per heavy atom. The van der Waals surface area contributed by atoms with Crippen molar-refractivity contribution in [3.05, 3.63) is 132 Å². The van der Waals surface area contributed by atoms with Crippen LogP contribution in [0.4, 0.5) is 0 Å². The summed E-state index contributed by atoms with van der Waals surface area (Å²) in [5.74, 6) is -3.16. The molecule has 1 aliphatic heterocycles. The van der Waals surface area contributed by atoms with Gasteiger partial charge in [-0.15, -0.1) is 11.8 Å². The van der Waals surface area contributed by atoms with Gasteiger partial charge in [0, 0.05) is 30.5 Å². The Balaban J connectivity index is 1.37. The van der Waals surface area contributed by atoms with Crippen LogP contribution in [0.2, 0.25) is 0 Å². The third kappa shape index (κ3) is 12.4. The largest absolute Gasteiger partial charge is 0.484 e. The van der Waals surface area contributed by atoms with Crippen molar-refractivity contribution in [3.63, 3.8) is 0 Å². The zero-order valence-electron chi connectivity index (χ0n) is 28.9. The number of para-hydroxylation sites is 1. The number of aromatic nitrogens is 1. The number of nitrogens with zero attached hydrogens (tertiary/aromatic N) is 1. The highest BCUT2D eigenvalue weighted by Gasteiger charge is 2.32. The average molecular weight is 736 g/mol. The van der Waals surface area contributed by atoms with E-state index < -0.39 is 54.3 Å². The van der Waals surface area contributed by atoms with E-state index in [1.807, 2.05) is 60.0 Å². The molecule has 0 spiro atoms. The maximum absolute atomic E-state index is 14.1. The minimum absolute atomic E-state index is 0.0299. The molecule has 53 heavy (non-hydrogen) atoms. The third-order valence-corrected chi connectivity index (χ3v) is 9.52. The molecule has 2 heterocycles. The Labute approximate surface area is 311 Å². The molecule has 4 amide bonds. The lowest BCUT2D eigenvalue weighted by Gasteiger charge is -2.26. The van der Waals surface area contributed by atoms with Crippen LogP contribution in [0, 0.1) is 0 Å². The molecular weight excluding hydrogens is 695 g/mol. The smallest absolute Gasteiger partial charge is 0.322 e. The number of carbonyl (C=O) groups excluding carboxylic acids is 4. The molecule has 0 saturated heterocycles. The van der Waals surface area contributed by atoms with Crippen molar-refractivity contribution < 1.29 is 33.8 Å². The number of thioether (sulfide) groups is 1. The second-order valence-electron chi connectivity index (χ2n) is 12.4. The molecule has 0 fully saturated rings. The van der Waals surface area contributed by atoms with E-state index in [1.165, 1.54) is 0 Å². The number of pyridine rings is 1. The maximum atomic E-state index is 14.1. The SMILES string of the molecule is O=C(O)CNC(=O)[C@H](Cc1ccccc1)NC(=O)[C@H](Cc1ccc(-c2ccncc2)cc1)NC(=O)[C@H](CC1CC=CS1)NC(=O)COc1ccccc1. The van der Waals surface area contributed by atoms with Crippen molar-refractivity contribution in [2.75, 3.05) is 13.2 Å². The van der Waals surface area contributed by atoms with Crippen LogP contribution < -0.4 is 26.0 Å². The standard InChI is InChI=1S/C40H41N5O7S/c46-36(26-52-31-10-5-2-6-11-31)43-35(24-32-12-7-21-53-32)40(51)45-34(23-28-13-15-29(16-14-28)30-17-19-41-20-18-30)39(50)44-33(38(49)42-25-37(47)48)22-27-8-3-1-4-9-27/h1-11,13-21,32-35H,12,22-26H2,(H,42,49)(H,43,46)(H,44,50)(H,45,51)(H,47,48)/t32?,33-,34-,35-/m0/s1. The first-order valence-electron chi connectivity index (χ1n) is 17.1. The van der Waals surface area contributed by atoms with E-state index in [-0.39, 0.29) is 24.7 Å². The van der Waals surface area contributed by atoms with Crippen LogP contribution in [0.3, 0.4) is 0 Å². The molecule has 1 unspecified atom stereocenters. The van der Waals surface area contributed by atoms with Crippen molar-refractivity contribution >= 4 is 41.4 Å². The topological polar surface area (TPSA) is 176 Å². The summed E-state index contributed by atoms with van der Waals surface area (Å²) in [5, 5.41) is 21.9. The van der Waals surface area contributed by atoms with Gasteiger partial charge in [-0.3, -0.25) is 29.0 Å². The first kappa shape index (κ1) is 38.3. The number of carboxylic acids is 1. The van der Waals surface area contributed by atoms with E-state index >= 15 is 0 Å². The molecule has 1 aromatic heterocycles. The van der Waals surface area contributed by atoms with Crippen LogP contribution in [-0.2, 0) is 36.8 Å². The van der Waals surface area contributed by atoms with Gasteiger partial charge in [-0.05, 0) is 64.8 Å². The fraction of sp³-hybridized carbons (Fsp3) is 0.250. The summed E-state index contributed by atoms with van der Waals surface area (Å²) in [4.78, 5) is 69.7. The second-order valence-corrected chi connectivity index (χ2v) is 13.6. The van der Waals surface area contributed by atoms with Crippen molar-refractivity contribution in [3.8, 4) is 16.9 Å². The number of hydrogen-bond acceptors (Lipinski definition) is 8. The first-order valence-corrected chi connectivity index (χ1v) is 18.1. The quantitative estimate of drug-likeness (QED) is 0.102. The molecule has 4 atom stereocenters. The Morgan fingerprint density at radius 3 is 1.92 bits per heavy atom. The molecule has 0 aliphatic carbocycles. The number of amides is 4. The van der Waals surface area contributed by atoms with Crippen LogP contribution >= 0.6 is 11.8 Å². The number of rotatable bonds is 18. The number of nitrogens with one attached hydrogen (secondary N) is 4. The third-order valence-electron chi connectivity index (χ3n) is 8.40. The first-order chi connectivity index (χ1) is 25.7. The van der Waals surface area contributed by atoms with Gasteiger partial charge in [0.25, 0.3) is 5.91 Å². The van der Waals surface area contributed by atoms with Crippen LogP contribution in [0.25, 0.3) is 11.1 Å². The van der Waals surface area contributed by atoms with Crippen LogP contribution in [0.5, 0.6) is 5.75 Å². The Hall–Kier alpha value is -5.95. The zero-order valence-corrected chi connectivity index (χ0v) is 29.7. The Kier molecular flexibility index (Phi) is 14.2. The molecule has 4 aromatic rings. The van der Waals surface area contributed by atoms with Gasteiger partial charge in [-0.25, -0.2) is 0 Å². The monoisotopic (exact) mass is 735 g/mol. The summed E-state index contributed by atoms with van der Waals surface area (Å²) in [6.45, 7) is -0.947. The molecule has 0 radical (unpaired) electrons. The van der Waals surface area contributed by atoms with E-state index in [1.54, 1.807) is 72.7 Å². The number of allylic oxidation sites excluding steroid dienone is 1. The Bertz CT molecular complexity index is 1850. The fourth-order valence-corrected chi connectivity index (χ4v) is 6.66. The number of ether oxygens (including phenoxy) is 1. The Morgan fingerprint density at radius 1 is 0.717 bits per heavy atom. The van der Waals surface area contributed by atoms with Gasteiger partial charge in [0.1, 0.15) is 30.4 Å². The summed E-state index contributed by atoms with van der Waals surface area (Å²) in [6.07, 6.45) is 6.53. The second kappa shape index (κ2) is 19.6. The summed E-state index contributed by atoms with van der Waals surface area (Å²) in [6, 6.07) is 25.8. The van der Waals surface area contributed by atoms with Gasteiger partial charge in [-0.2, -0.15) is 0 Å². The highest BCUT2D eigenvalue weighted by atomic mass is 32.2. The van der Waals surface area contributed by atoms with Crippen molar-refractivity contribution in [1.82, 2.24) is 26.3 Å². The molecule has 5 rings (SSSR count). The van der Waals surface area contributed by atoms with Gasteiger partial charge >= 0.3 is 5.97 Å². The predicted molar refractivity (Wildman–Crippen MR) is 202 cm³/mol. The van der Waals surface area contributed by atoms with Gasteiger partial charge in [0.15, 0.2) is 6.61 Å². The number of carboxylic acid groups (broad SMARTS) is 1. The van der Waals surface area contributed by atoms with E-state index in [9.17, 15) is 29.1 Å². The van der Waals surface area contributed by atoms with Gasteiger partial charge in [0.05, 0.1) is 0 Å². The van der Waals surface area contributed by atoms with Crippen molar-refractivity contribution in [1.29, 1.82) is 0 Å². The number of hydrogen-bond donors (Lipinski definition) is 5. The highest BCUT2D eigenvalue weighted by Crippen LogP contribution is 2.28. The number of benzene rings is 3. The van der Waals surface area contributed by atoms with Gasteiger partial charge in [-0.1, -0.05) is 78.9 Å². The lowest BCUT2D eigenvalue weighted by atomic mass is 9.99. The van der Waals surface area contributed by atoms with Gasteiger partial charge < -0.3 is 31.1 Å². The molecule has 1 aliphatic rings. The van der Waals surface area contributed by atoms with E-state index in [0.29, 0.717) is 18.6 Å². The summed E-state index contributed by atoms with van der Waals surface area (Å²) in [5.41, 5.74) is 3.35. The van der Waals surface area contributed by atoms with Crippen LogP contribution in [0.1, 0.15) is 24.0 Å². The molecule has 0 bridgehead atoms. The zero-order chi connectivity index (χ0) is 37.4. The minimum atomic E-state index is -1.23. The summed E-state index contributed by atoms with van der Waals surface area (Å²) < 4.78 is 5.60. The summed E-state index contributed by atoms with van der Waals surface area (Å²) >= 11 is 1.56. The number of carbonyl (C=O) groups is 5. The number of aliphatic carboxylic acids is 1. The average Bonchev–Trinajstić information content (AvgIpc) is 3.70. The lowest BCUT2D eigenvalue weighted by Crippen LogP contribution is -2.58. The highest BCUT2D eigenvalue weighted by molar-refractivity contribution is 8.03. The van der Waals surface area contributed by atoms with Crippen LogP contribution in [0.15, 0.2) is 121 Å².